The van der Waals surface area contributed by atoms with Gasteiger partial charge in [0.1, 0.15) is 12.4 Å². The number of fused-ring (bicyclic) bond motifs is 1. The van der Waals surface area contributed by atoms with Gasteiger partial charge < -0.3 is 9.84 Å². The molecule has 2 aromatic carbocycles. The van der Waals surface area contributed by atoms with Gasteiger partial charge >= 0.3 is 5.97 Å². The first-order valence-corrected chi connectivity index (χ1v) is 9.39. The van der Waals surface area contributed by atoms with Gasteiger partial charge in [0.25, 0.3) is 0 Å². The van der Waals surface area contributed by atoms with Crippen molar-refractivity contribution < 1.29 is 14.6 Å². The number of aryl methyl sites for hydroxylation is 2. The van der Waals surface area contributed by atoms with Gasteiger partial charge in [0, 0.05) is 17.1 Å². The molecule has 0 amide bonds. The van der Waals surface area contributed by atoms with Crippen molar-refractivity contribution >= 4 is 22.3 Å². The zero-order chi connectivity index (χ0) is 19.0. The zero-order valence-corrected chi connectivity index (χ0v) is 15.8. The molecule has 0 spiro atoms. The van der Waals surface area contributed by atoms with E-state index in [4.69, 9.17) is 9.84 Å². The molecule has 0 fully saturated rings. The fourth-order valence-corrected chi connectivity index (χ4v) is 3.91. The largest absolute Gasteiger partial charge is 0.489 e. The van der Waals surface area contributed by atoms with Gasteiger partial charge in [-0.2, -0.15) is 0 Å². The van der Waals surface area contributed by atoms with Gasteiger partial charge in [-0.1, -0.05) is 30.3 Å². The van der Waals surface area contributed by atoms with Crippen molar-refractivity contribution in [3.8, 4) is 17.0 Å². The maximum atomic E-state index is 11.2. The highest BCUT2D eigenvalue weighted by molar-refractivity contribution is 7.15. The van der Waals surface area contributed by atoms with Crippen molar-refractivity contribution in [2.45, 2.75) is 20.5 Å². The maximum absolute atomic E-state index is 11.2. The average Bonchev–Trinajstić information content (AvgIpc) is 3.24. The van der Waals surface area contributed by atoms with Crippen LogP contribution in [0.3, 0.4) is 0 Å². The SMILES string of the molecule is Cc1cc(-c2csc3nc(C(=O)O)cn23)c(C)cc1OCc1ccccc1. The Kier molecular flexibility index (Phi) is 4.41. The van der Waals surface area contributed by atoms with E-state index in [0.717, 1.165) is 33.7 Å². The Morgan fingerprint density at radius 1 is 1.19 bits per heavy atom. The fraction of sp³-hybridized carbons (Fsp3) is 0.143. The summed E-state index contributed by atoms with van der Waals surface area (Å²) in [5, 5.41) is 11.2. The molecule has 136 valence electrons. The molecule has 0 aliphatic heterocycles. The van der Waals surface area contributed by atoms with Crippen LogP contribution in [0, 0.1) is 13.8 Å². The third kappa shape index (κ3) is 3.31. The molecule has 5 nitrogen and oxygen atoms in total. The highest BCUT2D eigenvalue weighted by Gasteiger charge is 2.16. The predicted octanol–water partition coefficient (Wildman–Crippen LogP) is 4.96. The lowest BCUT2D eigenvalue weighted by Crippen LogP contribution is -1.99. The van der Waals surface area contributed by atoms with E-state index in [1.807, 2.05) is 60.0 Å². The van der Waals surface area contributed by atoms with Crippen LogP contribution in [-0.4, -0.2) is 20.5 Å². The lowest BCUT2D eigenvalue weighted by Gasteiger charge is -2.13. The van der Waals surface area contributed by atoms with E-state index in [2.05, 4.69) is 11.1 Å². The third-order valence-electron chi connectivity index (χ3n) is 4.46. The number of carbonyl (C=O) groups is 1. The molecule has 0 aliphatic rings. The van der Waals surface area contributed by atoms with Crippen LogP contribution in [0.4, 0.5) is 0 Å². The molecule has 2 heterocycles. The maximum Gasteiger partial charge on any atom is 0.356 e. The summed E-state index contributed by atoms with van der Waals surface area (Å²) in [7, 11) is 0. The van der Waals surface area contributed by atoms with Crippen LogP contribution in [0.2, 0.25) is 0 Å². The van der Waals surface area contributed by atoms with Gasteiger partial charge in [-0.15, -0.1) is 11.3 Å². The van der Waals surface area contributed by atoms with E-state index in [9.17, 15) is 4.79 Å². The third-order valence-corrected chi connectivity index (χ3v) is 5.30. The average molecular weight is 378 g/mol. The normalized spacial score (nSPS) is 11.0. The lowest BCUT2D eigenvalue weighted by atomic mass is 10.0. The molecule has 0 aliphatic carbocycles. The van der Waals surface area contributed by atoms with Crippen LogP contribution in [0.15, 0.2) is 54.0 Å². The van der Waals surface area contributed by atoms with Crippen LogP contribution >= 0.6 is 11.3 Å². The van der Waals surface area contributed by atoms with Crippen molar-refractivity contribution in [1.29, 1.82) is 0 Å². The molecule has 0 atom stereocenters. The van der Waals surface area contributed by atoms with Crippen molar-refractivity contribution in [1.82, 2.24) is 9.38 Å². The fourth-order valence-electron chi connectivity index (χ4n) is 3.04. The van der Waals surface area contributed by atoms with Crippen molar-refractivity contribution in [2.24, 2.45) is 0 Å². The molecule has 0 saturated heterocycles. The van der Waals surface area contributed by atoms with Crippen LogP contribution in [0.25, 0.3) is 16.2 Å². The number of rotatable bonds is 5. The Morgan fingerprint density at radius 2 is 1.96 bits per heavy atom. The molecule has 2 aromatic heterocycles. The number of aromatic nitrogens is 2. The number of hydrogen-bond donors (Lipinski definition) is 1. The van der Waals surface area contributed by atoms with Gasteiger partial charge in [0.15, 0.2) is 10.7 Å². The van der Waals surface area contributed by atoms with Crippen LogP contribution < -0.4 is 4.74 Å². The Bertz CT molecular complexity index is 1130. The van der Waals surface area contributed by atoms with E-state index in [0.29, 0.717) is 11.6 Å². The molecule has 6 heteroatoms. The van der Waals surface area contributed by atoms with Gasteiger partial charge in [0.2, 0.25) is 0 Å². The Morgan fingerprint density at radius 3 is 2.70 bits per heavy atom. The van der Waals surface area contributed by atoms with Gasteiger partial charge in [0.05, 0.1) is 5.69 Å². The Balaban J connectivity index is 1.66. The van der Waals surface area contributed by atoms with Crippen molar-refractivity contribution in [2.75, 3.05) is 0 Å². The van der Waals surface area contributed by atoms with E-state index in [1.165, 1.54) is 11.3 Å². The van der Waals surface area contributed by atoms with Crippen LogP contribution in [-0.2, 0) is 6.61 Å². The number of carboxylic acids is 1. The van der Waals surface area contributed by atoms with Crippen LogP contribution in [0.1, 0.15) is 27.2 Å². The molecule has 0 saturated carbocycles. The summed E-state index contributed by atoms with van der Waals surface area (Å²) in [6, 6.07) is 14.2. The summed E-state index contributed by atoms with van der Waals surface area (Å²) in [6.45, 7) is 4.57. The first kappa shape index (κ1) is 17.3. The van der Waals surface area contributed by atoms with Crippen molar-refractivity contribution in [3.63, 3.8) is 0 Å². The molecular weight excluding hydrogens is 360 g/mol. The standard InChI is InChI=1S/C21H18N2O3S/c1-13-9-19(26-11-15-6-4-3-5-7-15)14(2)8-16(13)18-12-27-21-22-17(20(24)25)10-23(18)21/h3-10,12H,11H2,1-2H3,(H,24,25). The second-order valence-electron chi connectivity index (χ2n) is 6.41. The predicted molar refractivity (Wildman–Crippen MR) is 106 cm³/mol. The van der Waals surface area contributed by atoms with E-state index < -0.39 is 5.97 Å². The van der Waals surface area contributed by atoms with E-state index in [1.54, 1.807) is 6.20 Å². The number of aromatic carboxylic acids is 1. The molecule has 4 aromatic rings. The second kappa shape index (κ2) is 6.89. The minimum absolute atomic E-state index is 0.0558. The molecule has 0 radical (unpaired) electrons. The van der Waals surface area contributed by atoms with Gasteiger partial charge in [-0.05, 0) is 42.7 Å². The topological polar surface area (TPSA) is 63.8 Å². The second-order valence-corrected chi connectivity index (χ2v) is 7.25. The first-order valence-electron chi connectivity index (χ1n) is 8.51. The quantitative estimate of drug-likeness (QED) is 0.533. The number of thiazole rings is 1. The number of imidazole rings is 1. The minimum Gasteiger partial charge on any atom is -0.489 e. The molecule has 27 heavy (non-hydrogen) atoms. The van der Waals surface area contributed by atoms with Crippen LogP contribution in [0.5, 0.6) is 5.75 Å². The number of ether oxygens (including phenoxy) is 1. The van der Waals surface area contributed by atoms with E-state index in [-0.39, 0.29) is 5.69 Å². The number of benzene rings is 2. The molecule has 1 N–H and O–H groups in total. The monoisotopic (exact) mass is 378 g/mol. The van der Waals surface area contributed by atoms with E-state index >= 15 is 0 Å². The summed E-state index contributed by atoms with van der Waals surface area (Å²) in [4.78, 5) is 16.0. The molecule has 4 rings (SSSR count). The number of hydrogen-bond acceptors (Lipinski definition) is 4. The summed E-state index contributed by atoms with van der Waals surface area (Å²) < 4.78 is 7.84. The summed E-state index contributed by atoms with van der Waals surface area (Å²) in [5.41, 5.74) is 5.25. The highest BCUT2D eigenvalue weighted by atomic mass is 32.1. The zero-order valence-electron chi connectivity index (χ0n) is 15.0. The minimum atomic E-state index is -1.02. The smallest absolute Gasteiger partial charge is 0.356 e. The molecule has 0 bridgehead atoms. The first-order chi connectivity index (χ1) is 13.0. The Labute approximate surface area is 160 Å². The Hall–Kier alpha value is -3.12. The lowest BCUT2D eigenvalue weighted by molar-refractivity contribution is 0.0691. The van der Waals surface area contributed by atoms with Gasteiger partial charge in [-0.25, -0.2) is 9.78 Å². The number of nitrogens with zero attached hydrogens (tertiary/aromatic N) is 2. The molecular formula is C21H18N2O3S. The number of carboxylic acid groups (broad SMARTS) is 1. The summed E-state index contributed by atoms with van der Waals surface area (Å²) in [5.74, 6) is -0.169. The summed E-state index contributed by atoms with van der Waals surface area (Å²) in [6.07, 6.45) is 1.57. The van der Waals surface area contributed by atoms with Gasteiger partial charge in [-0.3, -0.25) is 4.40 Å². The van der Waals surface area contributed by atoms with Crippen molar-refractivity contribution in [3.05, 3.63) is 76.4 Å². The molecule has 0 unspecified atom stereocenters. The summed E-state index contributed by atoms with van der Waals surface area (Å²) >= 11 is 1.43. The highest BCUT2D eigenvalue weighted by Crippen LogP contribution is 2.33.